The van der Waals surface area contributed by atoms with Crippen LogP contribution in [0, 0.1) is 5.41 Å². The van der Waals surface area contributed by atoms with Gasteiger partial charge in [-0.2, -0.15) is 0 Å². The Hall–Kier alpha value is -3.11. The fourth-order valence-corrected chi connectivity index (χ4v) is 5.13. The van der Waals surface area contributed by atoms with Crippen molar-refractivity contribution in [3.63, 3.8) is 0 Å². The van der Waals surface area contributed by atoms with Crippen molar-refractivity contribution in [2.45, 2.75) is 45.6 Å². The first-order valence-corrected chi connectivity index (χ1v) is 12.5. The number of hydrogen-bond donors (Lipinski definition) is 3. The van der Waals surface area contributed by atoms with Crippen LogP contribution < -0.4 is 11.1 Å². The molecule has 1 aliphatic heterocycles. The van der Waals surface area contributed by atoms with Crippen molar-refractivity contribution < 1.29 is 4.79 Å². The van der Waals surface area contributed by atoms with Gasteiger partial charge in [-0.1, -0.05) is 13.8 Å². The van der Waals surface area contributed by atoms with Gasteiger partial charge in [-0.05, 0) is 51.4 Å². The van der Waals surface area contributed by atoms with Gasteiger partial charge in [-0.15, -0.1) is 11.3 Å². The Kier molecular flexibility index (Phi) is 8.89. The molecule has 2 aliphatic rings. The van der Waals surface area contributed by atoms with Crippen molar-refractivity contribution in [3.8, 4) is 0 Å². The van der Waals surface area contributed by atoms with Crippen LogP contribution in [0.3, 0.4) is 0 Å². The zero-order chi connectivity index (χ0) is 24.7. The number of amides is 1. The van der Waals surface area contributed by atoms with Crippen LogP contribution in [-0.2, 0) is 17.6 Å². The quantitative estimate of drug-likeness (QED) is 0.374. The summed E-state index contributed by atoms with van der Waals surface area (Å²) in [6.07, 6.45) is 10.1. The van der Waals surface area contributed by atoms with E-state index < -0.39 is 0 Å². The second kappa shape index (κ2) is 11.8. The number of likely N-dealkylation sites (tertiary alicyclic amines) is 1. The van der Waals surface area contributed by atoms with Gasteiger partial charge >= 0.3 is 0 Å². The molecule has 3 aromatic heterocycles. The molecule has 1 saturated heterocycles. The first-order valence-electron chi connectivity index (χ1n) is 11.6. The summed E-state index contributed by atoms with van der Waals surface area (Å²) in [5.41, 5.74) is 8.49. The van der Waals surface area contributed by atoms with Gasteiger partial charge in [0.2, 0.25) is 6.41 Å². The van der Waals surface area contributed by atoms with E-state index in [0.717, 1.165) is 54.1 Å². The maximum Gasteiger partial charge on any atom is 0.209 e. The number of carbonyl (C=O) groups excluding carboxylic acids is 1. The second-order valence-electron chi connectivity index (χ2n) is 8.26. The molecule has 0 radical (unpaired) electrons. The largest absolute Gasteiger partial charge is 0.383 e. The van der Waals surface area contributed by atoms with E-state index >= 15 is 0 Å². The van der Waals surface area contributed by atoms with Gasteiger partial charge in [-0.3, -0.25) is 4.79 Å². The van der Waals surface area contributed by atoms with Gasteiger partial charge in [0.1, 0.15) is 22.8 Å². The van der Waals surface area contributed by atoms with Crippen LogP contribution in [0.2, 0.25) is 0 Å². The molecule has 0 spiro atoms. The topological polar surface area (TPSA) is 124 Å². The number of anilines is 3. The predicted octanol–water partition coefficient (Wildman–Crippen LogP) is 3.70. The molecule has 0 aromatic carbocycles. The van der Waals surface area contributed by atoms with Crippen molar-refractivity contribution >= 4 is 51.5 Å². The van der Waals surface area contributed by atoms with Crippen LogP contribution in [0.5, 0.6) is 0 Å². The van der Waals surface area contributed by atoms with Gasteiger partial charge in [0.25, 0.3) is 0 Å². The minimum atomic E-state index is 0.353. The molecule has 0 bridgehead atoms. The van der Waals surface area contributed by atoms with E-state index in [9.17, 15) is 4.79 Å². The van der Waals surface area contributed by atoms with Crippen molar-refractivity contribution in [2.75, 3.05) is 38.2 Å². The SMILES string of the molecule is CC.CN(C)C1CN(C=O)C1.N=Cc1cc(Nc2ncnc3sc4c(c23)CCCC4)cnc1N. The number of thiophene rings is 1. The lowest BCUT2D eigenvalue weighted by Gasteiger charge is -2.40. The van der Waals surface area contributed by atoms with E-state index in [1.165, 1.54) is 29.5 Å². The van der Waals surface area contributed by atoms with Crippen molar-refractivity contribution in [1.29, 1.82) is 5.41 Å². The third-order valence-corrected chi connectivity index (χ3v) is 7.09. The molecule has 1 amide bonds. The van der Waals surface area contributed by atoms with Crippen LogP contribution in [0.1, 0.15) is 42.7 Å². The maximum absolute atomic E-state index is 10.1. The van der Waals surface area contributed by atoms with E-state index in [1.807, 2.05) is 34.0 Å². The molecule has 34 heavy (non-hydrogen) atoms. The summed E-state index contributed by atoms with van der Waals surface area (Å²) in [6, 6.07) is 2.40. The van der Waals surface area contributed by atoms with E-state index in [1.54, 1.807) is 28.8 Å². The van der Waals surface area contributed by atoms with E-state index in [4.69, 9.17) is 11.1 Å². The predicted molar refractivity (Wildman–Crippen MR) is 140 cm³/mol. The highest BCUT2D eigenvalue weighted by atomic mass is 32.1. The number of aryl methyl sites for hydroxylation is 2. The van der Waals surface area contributed by atoms with Crippen LogP contribution in [0.4, 0.5) is 17.3 Å². The molecule has 3 aromatic rings. The van der Waals surface area contributed by atoms with E-state index in [2.05, 4.69) is 25.2 Å². The monoisotopic (exact) mass is 482 g/mol. The standard InChI is InChI=1S/C16H16N6S.C6H12N2O.C2H6/c17-6-9-5-10(7-19-14(9)18)22-15-13-11-3-1-2-4-12(11)23-16(13)21-8-20-15;1-7(2)6-3-8(4-6)5-9;1-2/h5-8,17H,1-4H2,(H2,18,19)(H,20,21,22);5-6H,3-4H2,1-2H3;1-2H3. The zero-order valence-electron chi connectivity index (χ0n) is 20.3. The Morgan fingerprint density at radius 2 is 1.94 bits per heavy atom. The fraction of sp³-hybridized carbons (Fsp3) is 0.458. The smallest absolute Gasteiger partial charge is 0.209 e. The number of rotatable bonds is 5. The molecular weight excluding hydrogens is 448 g/mol. The number of nitrogens with two attached hydrogens (primary N) is 1. The summed E-state index contributed by atoms with van der Waals surface area (Å²) in [7, 11) is 4.07. The normalized spacial score (nSPS) is 14.8. The van der Waals surface area contributed by atoms with Crippen molar-refractivity contribution in [3.05, 3.63) is 34.6 Å². The third kappa shape index (κ3) is 5.68. The maximum atomic E-state index is 10.1. The Morgan fingerprint density at radius 1 is 1.21 bits per heavy atom. The van der Waals surface area contributed by atoms with Crippen molar-refractivity contribution in [2.24, 2.45) is 0 Å². The Labute approximate surface area is 204 Å². The molecule has 0 unspecified atom stereocenters. The number of carbonyl (C=O) groups is 1. The lowest BCUT2D eigenvalue weighted by molar-refractivity contribution is -0.124. The average molecular weight is 483 g/mol. The summed E-state index contributed by atoms with van der Waals surface area (Å²) in [4.78, 5) is 29.4. The summed E-state index contributed by atoms with van der Waals surface area (Å²) >= 11 is 1.77. The molecule has 0 atom stereocenters. The second-order valence-corrected chi connectivity index (χ2v) is 9.34. The highest BCUT2D eigenvalue weighted by molar-refractivity contribution is 7.19. The molecule has 0 saturated carbocycles. The summed E-state index contributed by atoms with van der Waals surface area (Å²) in [5.74, 6) is 1.16. The zero-order valence-corrected chi connectivity index (χ0v) is 21.2. The van der Waals surface area contributed by atoms with Crippen LogP contribution >= 0.6 is 11.3 Å². The number of nitrogens with zero attached hydrogens (tertiary/aromatic N) is 5. The molecule has 182 valence electrons. The van der Waals surface area contributed by atoms with E-state index in [0.29, 0.717) is 17.4 Å². The fourth-order valence-electron chi connectivity index (χ4n) is 3.90. The molecule has 1 fully saturated rings. The first-order chi connectivity index (χ1) is 16.5. The van der Waals surface area contributed by atoms with Gasteiger partial charge in [0.15, 0.2) is 0 Å². The van der Waals surface area contributed by atoms with Crippen LogP contribution in [-0.4, -0.2) is 70.6 Å². The number of aromatic nitrogens is 3. The molecule has 4 N–H and O–H groups in total. The van der Waals surface area contributed by atoms with Crippen molar-refractivity contribution in [1.82, 2.24) is 24.8 Å². The number of likely N-dealkylation sites (N-methyl/N-ethyl adjacent to an activating group) is 1. The molecule has 4 heterocycles. The first kappa shape index (κ1) is 25.5. The third-order valence-electron chi connectivity index (χ3n) is 5.89. The van der Waals surface area contributed by atoms with Gasteiger partial charge in [0, 0.05) is 35.8 Å². The van der Waals surface area contributed by atoms with Crippen LogP contribution in [0.15, 0.2) is 18.6 Å². The summed E-state index contributed by atoms with van der Waals surface area (Å²) < 4.78 is 0. The highest BCUT2D eigenvalue weighted by Gasteiger charge is 2.26. The lowest BCUT2D eigenvalue weighted by atomic mass is 9.97. The Balaban J connectivity index is 0.000000248. The number of nitrogen functional groups attached to an aromatic ring is 1. The number of fused-ring (bicyclic) bond motifs is 3. The highest BCUT2D eigenvalue weighted by Crippen LogP contribution is 2.38. The lowest BCUT2D eigenvalue weighted by Crippen LogP contribution is -2.56. The molecule has 1 aliphatic carbocycles. The average Bonchev–Trinajstić information content (AvgIpc) is 3.21. The molecule has 9 nitrogen and oxygen atoms in total. The minimum absolute atomic E-state index is 0.353. The van der Waals surface area contributed by atoms with Gasteiger partial charge in [-0.25, -0.2) is 15.0 Å². The van der Waals surface area contributed by atoms with Gasteiger partial charge in [0.05, 0.1) is 17.3 Å². The number of hydrogen-bond acceptors (Lipinski definition) is 9. The Morgan fingerprint density at radius 3 is 2.62 bits per heavy atom. The van der Waals surface area contributed by atoms with Crippen LogP contribution in [0.25, 0.3) is 10.2 Å². The summed E-state index contributed by atoms with van der Waals surface area (Å²) in [6.45, 7) is 5.80. The molecular formula is C24H34N8OS. The Bertz CT molecular complexity index is 1120. The number of nitrogens with one attached hydrogen (secondary N) is 2. The molecule has 10 heteroatoms. The number of pyridine rings is 1. The molecule has 5 rings (SSSR count). The van der Waals surface area contributed by atoms with E-state index in [-0.39, 0.29) is 0 Å². The minimum Gasteiger partial charge on any atom is -0.383 e. The summed E-state index contributed by atoms with van der Waals surface area (Å²) in [5, 5.41) is 11.8. The van der Waals surface area contributed by atoms with Gasteiger partial charge < -0.3 is 26.3 Å².